The third-order valence-electron chi connectivity index (χ3n) is 5.88. The Hall–Kier alpha value is -3.49. The van der Waals surface area contributed by atoms with E-state index in [-0.39, 0.29) is 34.7 Å². The normalized spacial score (nSPS) is 16.3. The maximum Gasteiger partial charge on any atom is 0.519 e. The Balaban J connectivity index is 1.55. The number of hydrogen-bond donors (Lipinski definition) is 0. The van der Waals surface area contributed by atoms with E-state index in [0.29, 0.717) is 11.1 Å². The fourth-order valence-corrected chi connectivity index (χ4v) is 3.76. The SMILES string of the molecule is O=C(Oc1ccc([N+](=O)[O-])cc1C1CCC1)Oc1ccc([N+](=O)[O-])cc1C1CCC1. The average Bonchev–Trinajstić information content (AvgIpc) is 2.61. The van der Waals surface area contributed by atoms with Crippen LogP contribution in [0.3, 0.4) is 0 Å². The Morgan fingerprint density at radius 3 is 1.47 bits per heavy atom. The summed E-state index contributed by atoms with van der Waals surface area (Å²) >= 11 is 0. The van der Waals surface area contributed by atoms with Crippen molar-refractivity contribution >= 4 is 17.5 Å². The highest BCUT2D eigenvalue weighted by Crippen LogP contribution is 2.44. The topological polar surface area (TPSA) is 122 Å². The first kappa shape index (κ1) is 19.8. The van der Waals surface area contributed by atoms with Gasteiger partial charge >= 0.3 is 6.16 Å². The molecule has 0 saturated heterocycles. The number of carbonyl (C=O) groups is 1. The Bertz CT molecular complexity index is 933. The van der Waals surface area contributed by atoms with Gasteiger partial charge in [-0.05, 0) is 49.7 Å². The molecule has 2 aliphatic rings. The molecule has 2 aromatic carbocycles. The second-order valence-corrected chi connectivity index (χ2v) is 7.67. The fraction of sp³-hybridized carbons (Fsp3) is 0.381. The molecule has 0 bridgehead atoms. The van der Waals surface area contributed by atoms with Crippen molar-refractivity contribution in [3.05, 3.63) is 67.8 Å². The molecule has 0 atom stereocenters. The number of hydrogen-bond acceptors (Lipinski definition) is 7. The van der Waals surface area contributed by atoms with Crippen LogP contribution in [0, 0.1) is 20.2 Å². The summed E-state index contributed by atoms with van der Waals surface area (Å²) in [5.41, 5.74) is 1.13. The van der Waals surface area contributed by atoms with Gasteiger partial charge in [0.05, 0.1) is 9.85 Å². The summed E-state index contributed by atoms with van der Waals surface area (Å²) < 4.78 is 10.8. The molecule has 30 heavy (non-hydrogen) atoms. The minimum absolute atomic E-state index is 0.0553. The number of nitro benzene ring substituents is 2. The van der Waals surface area contributed by atoms with Crippen LogP contribution in [0.1, 0.15) is 61.5 Å². The molecular formula is C21H20N2O7. The quantitative estimate of drug-likeness (QED) is 0.261. The molecule has 4 rings (SSSR count). The van der Waals surface area contributed by atoms with Crippen molar-refractivity contribution in [2.24, 2.45) is 0 Å². The molecule has 0 N–H and O–H groups in total. The van der Waals surface area contributed by atoms with Crippen LogP contribution in [0.15, 0.2) is 36.4 Å². The number of ether oxygens (including phenoxy) is 2. The number of carbonyl (C=O) groups excluding carboxylic acids is 1. The van der Waals surface area contributed by atoms with E-state index in [2.05, 4.69) is 0 Å². The van der Waals surface area contributed by atoms with Crippen LogP contribution in [0.4, 0.5) is 16.2 Å². The first-order valence-corrected chi connectivity index (χ1v) is 9.88. The summed E-state index contributed by atoms with van der Waals surface area (Å²) in [6.07, 6.45) is 4.57. The summed E-state index contributed by atoms with van der Waals surface area (Å²) in [5, 5.41) is 22.2. The van der Waals surface area contributed by atoms with Crippen LogP contribution in [0.2, 0.25) is 0 Å². The molecule has 0 heterocycles. The van der Waals surface area contributed by atoms with Gasteiger partial charge in [-0.15, -0.1) is 0 Å². The maximum absolute atomic E-state index is 12.5. The van der Waals surface area contributed by atoms with Gasteiger partial charge in [-0.25, -0.2) is 4.79 Å². The lowest BCUT2D eigenvalue weighted by Crippen LogP contribution is -2.19. The van der Waals surface area contributed by atoms with E-state index in [9.17, 15) is 25.0 Å². The molecule has 0 amide bonds. The number of nitrogens with zero attached hydrogens (tertiary/aromatic N) is 2. The van der Waals surface area contributed by atoms with Gasteiger partial charge in [0.1, 0.15) is 11.5 Å². The summed E-state index contributed by atoms with van der Waals surface area (Å²) in [4.78, 5) is 33.7. The van der Waals surface area contributed by atoms with Crippen LogP contribution in [-0.2, 0) is 0 Å². The van der Waals surface area contributed by atoms with Crippen molar-refractivity contribution in [1.29, 1.82) is 0 Å². The molecule has 0 spiro atoms. The molecule has 9 nitrogen and oxygen atoms in total. The molecule has 156 valence electrons. The predicted octanol–water partition coefficient (Wildman–Crippen LogP) is 5.62. The highest BCUT2D eigenvalue weighted by Gasteiger charge is 2.29. The molecule has 0 aliphatic heterocycles. The zero-order valence-electron chi connectivity index (χ0n) is 16.1. The van der Waals surface area contributed by atoms with E-state index in [1.165, 1.54) is 36.4 Å². The predicted molar refractivity (Wildman–Crippen MR) is 106 cm³/mol. The van der Waals surface area contributed by atoms with Crippen LogP contribution >= 0.6 is 0 Å². The van der Waals surface area contributed by atoms with Gasteiger partial charge in [-0.3, -0.25) is 20.2 Å². The van der Waals surface area contributed by atoms with Crippen molar-refractivity contribution in [3.8, 4) is 11.5 Å². The van der Waals surface area contributed by atoms with Gasteiger partial charge in [0, 0.05) is 35.4 Å². The number of rotatable bonds is 6. The highest BCUT2D eigenvalue weighted by atomic mass is 16.7. The van der Waals surface area contributed by atoms with Crippen molar-refractivity contribution in [3.63, 3.8) is 0 Å². The minimum atomic E-state index is -0.973. The lowest BCUT2D eigenvalue weighted by Gasteiger charge is -2.28. The standard InChI is InChI=1S/C21H20N2O7/c24-21(29-19-9-7-15(22(25)26)11-17(19)13-3-1-4-13)30-20-10-8-16(23(27)28)12-18(20)14-5-2-6-14/h7-14H,1-6H2. The van der Waals surface area contributed by atoms with Crippen LogP contribution in [-0.4, -0.2) is 16.0 Å². The van der Waals surface area contributed by atoms with Crippen molar-refractivity contribution in [2.45, 2.75) is 50.4 Å². The Morgan fingerprint density at radius 1 is 0.767 bits per heavy atom. The molecular weight excluding hydrogens is 392 g/mol. The zero-order valence-corrected chi connectivity index (χ0v) is 16.1. The summed E-state index contributed by atoms with van der Waals surface area (Å²) in [7, 11) is 0. The second-order valence-electron chi connectivity index (χ2n) is 7.67. The lowest BCUT2D eigenvalue weighted by atomic mass is 9.79. The van der Waals surface area contributed by atoms with Crippen LogP contribution in [0.25, 0.3) is 0 Å². The molecule has 9 heteroatoms. The van der Waals surface area contributed by atoms with Crippen molar-refractivity contribution < 1.29 is 24.1 Å². The first-order chi connectivity index (χ1) is 14.4. The zero-order chi connectivity index (χ0) is 21.3. The monoisotopic (exact) mass is 412 g/mol. The lowest BCUT2D eigenvalue weighted by molar-refractivity contribution is -0.385. The van der Waals surface area contributed by atoms with E-state index >= 15 is 0 Å². The van der Waals surface area contributed by atoms with Crippen molar-refractivity contribution in [1.82, 2.24) is 0 Å². The Morgan fingerprint density at radius 2 is 1.17 bits per heavy atom. The molecule has 2 saturated carbocycles. The summed E-state index contributed by atoms with van der Waals surface area (Å²) in [6, 6.07) is 8.29. The number of nitro groups is 2. The number of non-ortho nitro benzene ring substituents is 2. The average molecular weight is 412 g/mol. The molecule has 2 fully saturated rings. The fourth-order valence-electron chi connectivity index (χ4n) is 3.76. The number of benzene rings is 2. The largest absolute Gasteiger partial charge is 0.519 e. The van der Waals surface area contributed by atoms with Gasteiger partial charge in [-0.2, -0.15) is 0 Å². The first-order valence-electron chi connectivity index (χ1n) is 9.88. The van der Waals surface area contributed by atoms with E-state index in [0.717, 1.165) is 38.5 Å². The smallest absolute Gasteiger partial charge is 0.394 e. The molecule has 0 unspecified atom stereocenters. The molecule has 2 aromatic rings. The summed E-state index contributed by atoms with van der Waals surface area (Å²) in [6.45, 7) is 0. The van der Waals surface area contributed by atoms with E-state index < -0.39 is 16.0 Å². The van der Waals surface area contributed by atoms with Crippen molar-refractivity contribution in [2.75, 3.05) is 0 Å². The van der Waals surface area contributed by atoms with Gasteiger partial charge in [0.15, 0.2) is 0 Å². The third-order valence-corrected chi connectivity index (χ3v) is 5.88. The second kappa shape index (κ2) is 8.10. The maximum atomic E-state index is 12.5. The van der Waals surface area contributed by atoms with E-state index in [4.69, 9.17) is 9.47 Å². The van der Waals surface area contributed by atoms with E-state index in [1.54, 1.807) is 0 Å². The van der Waals surface area contributed by atoms with Crippen LogP contribution < -0.4 is 9.47 Å². The third kappa shape index (κ3) is 3.96. The van der Waals surface area contributed by atoms with Gasteiger partial charge in [0.2, 0.25) is 0 Å². The molecule has 2 aliphatic carbocycles. The highest BCUT2D eigenvalue weighted by molar-refractivity contribution is 5.69. The summed E-state index contributed by atoms with van der Waals surface area (Å²) in [5.74, 6) is 0.694. The van der Waals surface area contributed by atoms with Crippen LogP contribution in [0.5, 0.6) is 11.5 Å². The molecule has 0 aromatic heterocycles. The van der Waals surface area contributed by atoms with E-state index in [1.807, 2.05) is 0 Å². The Labute approximate surface area is 171 Å². The van der Waals surface area contributed by atoms with Gasteiger partial charge in [-0.1, -0.05) is 12.8 Å². The minimum Gasteiger partial charge on any atom is -0.394 e. The molecule has 0 radical (unpaired) electrons. The van der Waals surface area contributed by atoms with Gasteiger partial charge < -0.3 is 9.47 Å². The Kier molecular flexibility index (Phi) is 5.35. The van der Waals surface area contributed by atoms with Gasteiger partial charge in [0.25, 0.3) is 11.4 Å².